The SMILES string of the molecule is CSC(=Nc1ccc(OCc2ccccc2)cc1[N+](=O)[O-])NC#N. The lowest BCUT2D eigenvalue weighted by Gasteiger charge is -2.07. The number of rotatable bonds is 5. The zero-order valence-corrected chi connectivity index (χ0v) is 13.6. The highest BCUT2D eigenvalue weighted by atomic mass is 32.2. The summed E-state index contributed by atoms with van der Waals surface area (Å²) in [6, 6.07) is 13.9. The molecule has 7 nitrogen and oxygen atoms in total. The van der Waals surface area contributed by atoms with Gasteiger partial charge >= 0.3 is 0 Å². The van der Waals surface area contributed by atoms with Crippen LogP contribution < -0.4 is 10.1 Å². The number of amidine groups is 1. The molecule has 1 N–H and O–H groups in total. The van der Waals surface area contributed by atoms with Crippen molar-refractivity contribution in [2.75, 3.05) is 6.26 Å². The number of ether oxygens (including phenoxy) is 1. The van der Waals surface area contributed by atoms with Crippen LogP contribution in [-0.2, 0) is 6.61 Å². The fourth-order valence-electron chi connectivity index (χ4n) is 1.86. The van der Waals surface area contributed by atoms with E-state index in [0.29, 0.717) is 12.4 Å². The predicted octanol–water partition coefficient (Wildman–Crippen LogP) is 3.59. The third-order valence-electron chi connectivity index (χ3n) is 2.97. The summed E-state index contributed by atoms with van der Waals surface area (Å²) in [4.78, 5) is 14.8. The molecule has 0 amide bonds. The first kappa shape index (κ1) is 17.3. The summed E-state index contributed by atoms with van der Waals surface area (Å²) in [5.74, 6) is 0.378. The number of nitrogens with one attached hydrogen (secondary N) is 1. The molecule has 0 fully saturated rings. The minimum atomic E-state index is -0.529. The summed E-state index contributed by atoms with van der Waals surface area (Å²) in [6.45, 7) is 0.312. The largest absolute Gasteiger partial charge is 0.489 e. The van der Waals surface area contributed by atoms with Crippen LogP contribution in [0.3, 0.4) is 0 Å². The number of hydrogen-bond donors (Lipinski definition) is 1. The summed E-state index contributed by atoms with van der Waals surface area (Å²) in [7, 11) is 0. The molecule has 0 atom stereocenters. The van der Waals surface area contributed by atoms with Gasteiger partial charge in [-0.15, -0.1) is 0 Å². The van der Waals surface area contributed by atoms with Crippen molar-refractivity contribution in [2.24, 2.45) is 4.99 Å². The maximum atomic E-state index is 11.3. The Hall–Kier alpha value is -3.05. The first-order valence-electron chi connectivity index (χ1n) is 6.87. The van der Waals surface area contributed by atoms with Crippen molar-refractivity contribution in [1.29, 1.82) is 5.26 Å². The van der Waals surface area contributed by atoms with Crippen LogP contribution in [0.5, 0.6) is 5.75 Å². The van der Waals surface area contributed by atoms with E-state index in [4.69, 9.17) is 10.00 Å². The van der Waals surface area contributed by atoms with E-state index in [-0.39, 0.29) is 16.5 Å². The highest BCUT2D eigenvalue weighted by Crippen LogP contribution is 2.32. The highest BCUT2D eigenvalue weighted by Gasteiger charge is 2.16. The second-order valence-electron chi connectivity index (χ2n) is 4.54. The van der Waals surface area contributed by atoms with Gasteiger partial charge in [0.25, 0.3) is 5.69 Å². The molecular formula is C16H14N4O3S. The molecule has 122 valence electrons. The summed E-state index contributed by atoms with van der Waals surface area (Å²) in [5, 5.41) is 22.6. The normalized spacial score (nSPS) is 10.8. The van der Waals surface area contributed by atoms with Crippen LogP contribution in [0.15, 0.2) is 53.5 Å². The molecule has 2 rings (SSSR count). The van der Waals surface area contributed by atoms with E-state index in [0.717, 1.165) is 5.56 Å². The van der Waals surface area contributed by atoms with Crippen LogP contribution >= 0.6 is 11.8 Å². The zero-order chi connectivity index (χ0) is 17.4. The summed E-state index contributed by atoms with van der Waals surface area (Å²) in [5.41, 5.74) is 0.927. The van der Waals surface area contributed by atoms with Crippen molar-refractivity contribution in [3.8, 4) is 11.9 Å². The smallest absolute Gasteiger partial charge is 0.298 e. The molecule has 0 saturated carbocycles. The van der Waals surface area contributed by atoms with Crippen molar-refractivity contribution in [1.82, 2.24) is 5.32 Å². The van der Waals surface area contributed by atoms with Crippen LogP contribution in [0.4, 0.5) is 11.4 Å². The lowest BCUT2D eigenvalue weighted by molar-refractivity contribution is -0.384. The number of aliphatic imine (C=N–C) groups is 1. The van der Waals surface area contributed by atoms with Gasteiger partial charge in [-0.1, -0.05) is 42.1 Å². The second kappa shape index (κ2) is 8.55. The number of nitrogens with zero attached hydrogens (tertiary/aromatic N) is 3. The average Bonchev–Trinajstić information content (AvgIpc) is 2.61. The summed E-state index contributed by atoms with van der Waals surface area (Å²) < 4.78 is 5.59. The molecule has 0 aliphatic rings. The summed E-state index contributed by atoms with van der Waals surface area (Å²) >= 11 is 1.18. The fourth-order valence-corrected chi connectivity index (χ4v) is 2.19. The lowest BCUT2D eigenvalue weighted by Crippen LogP contribution is -2.12. The maximum Gasteiger partial charge on any atom is 0.298 e. The molecule has 0 spiro atoms. The molecule has 0 heterocycles. The van der Waals surface area contributed by atoms with Crippen LogP contribution in [0.2, 0.25) is 0 Å². The van der Waals surface area contributed by atoms with E-state index in [1.807, 2.05) is 30.3 Å². The third kappa shape index (κ3) is 4.72. The lowest BCUT2D eigenvalue weighted by atomic mass is 10.2. The topological polar surface area (TPSA) is 101 Å². The van der Waals surface area contributed by atoms with Gasteiger partial charge in [-0.05, 0) is 24.0 Å². The summed E-state index contributed by atoms with van der Waals surface area (Å²) in [6.07, 6.45) is 3.46. The van der Waals surface area contributed by atoms with Gasteiger partial charge in [0, 0.05) is 0 Å². The Morgan fingerprint density at radius 1 is 1.38 bits per heavy atom. The van der Waals surface area contributed by atoms with Gasteiger partial charge in [-0.2, -0.15) is 5.26 Å². The van der Waals surface area contributed by atoms with E-state index in [2.05, 4.69) is 10.3 Å². The van der Waals surface area contributed by atoms with Gasteiger partial charge in [-0.25, -0.2) is 4.99 Å². The van der Waals surface area contributed by atoms with Crippen molar-refractivity contribution in [2.45, 2.75) is 6.61 Å². The van der Waals surface area contributed by atoms with Crippen molar-refractivity contribution in [3.63, 3.8) is 0 Å². The molecule has 8 heteroatoms. The van der Waals surface area contributed by atoms with Gasteiger partial charge in [0.2, 0.25) is 0 Å². The molecule has 24 heavy (non-hydrogen) atoms. The molecule has 0 saturated heterocycles. The Morgan fingerprint density at radius 3 is 2.75 bits per heavy atom. The number of nitro groups is 1. The Balaban J connectivity index is 2.23. The van der Waals surface area contributed by atoms with Gasteiger partial charge in [-0.3, -0.25) is 15.4 Å². The van der Waals surface area contributed by atoms with Crippen LogP contribution in [0.25, 0.3) is 0 Å². The molecule has 0 aromatic heterocycles. The van der Waals surface area contributed by atoms with E-state index in [1.54, 1.807) is 18.5 Å². The van der Waals surface area contributed by atoms with Crippen LogP contribution in [0, 0.1) is 21.6 Å². The van der Waals surface area contributed by atoms with Gasteiger partial charge in [0.05, 0.1) is 11.0 Å². The van der Waals surface area contributed by atoms with Crippen LogP contribution in [0.1, 0.15) is 5.56 Å². The van der Waals surface area contributed by atoms with E-state index in [1.165, 1.54) is 23.9 Å². The average molecular weight is 342 g/mol. The molecule has 2 aromatic carbocycles. The quantitative estimate of drug-likeness (QED) is 0.222. The Morgan fingerprint density at radius 2 is 2.12 bits per heavy atom. The second-order valence-corrected chi connectivity index (χ2v) is 5.33. The zero-order valence-electron chi connectivity index (χ0n) is 12.8. The third-order valence-corrected chi connectivity index (χ3v) is 3.55. The first-order valence-corrected chi connectivity index (χ1v) is 8.09. The number of hydrogen-bond acceptors (Lipinski definition) is 6. The molecule has 0 aliphatic carbocycles. The Labute approximate surface area is 143 Å². The number of nitriles is 1. The molecule has 0 radical (unpaired) electrons. The van der Waals surface area contributed by atoms with Crippen molar-refractivity contribution >= 4 is 28.3 Å². The van der Waals surface area contributed by atoms with Gasteiger partial charge < -0.3 is 4.74 Å². The van der Waals surface area contributed by atoms with Crippen molar-refractivity contribution < 1.29 is 9.66 Å². The highest BCUT2D eigenvalue weighted by molar-refractivity contribution is 8.13. The van der Waals surface area contributed by atoms with Gasteiger partial charge in [0.1, 0.15) is 18.0 Å². The Kier molecular flexibility index (Phi) is 6.16. The number of thioether (sulfide) groups is 1. The molecule has 0 bridgehead atoms. The molecular weight excluding hydrogens is 328 g/mol. The Bertz CT molecular complexity index is 788. The first-order chi connectivity index (χ1) is 11.6. The minimum Gasteiger partial charge on any atom is -0.489 e. The van der Waals surface area contributed by atoms with Crippen LogP contribution in [-0.4, -0.2) is 16.3 Å². The van der Waals surface area contributed by atoms with Gasteiger partial charge in [0.15, 0.2) is 11.4 Å². The van der Waals surface area contributed by atoms with E-state index < -0.39 is 4.92 Å². The monoisotopic (exact) mass is 342 g/mol. The number of nitro benzene ring substituents is 1. The predicted molar refractivity (Wildman–Crippen MR) is 93.2 cm³/mol. The maximum absolute atomic E-state index is 11.3. The van der Waals surface area contributed by atoms with Crippen molar-refractivity contribution in [3.05, 3.63) is 64.2 Å². The molecule has 0 aliphatic heterocycles. The minimum absolute atomic E-state index is 0.152. The molecule has 0 unspecified atom stereocenters. The fraction of sp³-hybridized carbons (Fsp3) is 0.125. The molecule has 2 aromatic rings. The number of benzene rings is 2. The standard InChI is InChI=1S/C16H14N4O3S/c1-24-16(18-11-17)19-14-8-7-13(9-15(14)20(21)22)23-10-12-5-3-2-4-6-12/h2-9H,10H2,1H3,(H,18,19). The van der Waals surface area contributed by atoms with E-state index in [9.17, 15) is 10.1 Å². The van der Waals surface area contributed by atoms with E-state index >= 15 is 0 Å².